The van der Waals surface area contributed by atoms with Crippen molar-refractivity contribution in [1.82, 2.24) is 10.2 Å². The summed E-state index contributed by atoms with van der Waals surface area (Å²) in [7, 11) is 0. The first-order valence-corrected chi connectivity index (χ1v) is 13.0. The zero-order valence-corrected chi connectivity index (χ0v) is 21.7. The quantitative estimate of drug-likeness (QED) is 0.356. The lowest BCUT2D eigenvalue weighted by Crippen LogP contribution is -2.37. The molecule has 7 nitrogen and oxygen atoms in total. The molecule has 0 aromatic rings. The van der Waals surface area contributed by atoms with E-state index in [9.17, 15) is 9.59 Å². The van der Waals surface area contributed by atoms with Gasteiger partial charge < -0.3 is 26.4 Å². The second-order valence-corrected chi connectivity index (χ2v) is 9.48. The number of primary amides is 1. The maximum Gasteiger partial charge on any atom is 0.244 e. The minimum absolute atomic E-state index is 0.0682. The maximum absolute atomic E-state index is 12.5. The highest BCUT2D eigenvalue weighted by atomic mass is 16.5. The maximum atomic E-state index is 12.5. The van der Waals surface area contributed by atoms with Crippen LogP contribution in [0.25, 0.3) is 0 Å². The lowest BCUT2D eigenvalue weighted by atomic mass is 9.98. The third kappa shape index (κ3) is 10.0. The molecule has 1 heterocycles. The van der Waals surface area contributed by atoms with E-state index < -0.39 is 0 Å². The Morgan fingerprint density at radius 2 is 1.97 bits per heavy atom. The zero-order valence-electron chi connectivity index (χ0n) is 21.7. The fourth-order valence-electron chi connectivity index (χ4n) is 4.29. The Morgan fingerprint density at radius 3 is 2.63 bits per heavy atom. The van der Waals surface area contributed by atoms with Gasteiger partial charge in [0.1, 0.15) is 5.76 Å². The molecule has 1 saturated heterocycles. The number of nitrogens with two attached hydrogens (primary N) is 2. The Balaban J connectivity index is 1.77. The first-order chi connectivity index (χ1) is 16.8. The molecule has 1 fully saturated rings. The van der Waals surface area contributed by atoms with Crippen LogP contribution in [0.2, 0.25) is 0 Å². The first-order valence-electron chi connectivity index (χ1n) is 13.0. The van der Waals surface area contributed by atoms with E-state index in [2.05, 4.69) is 24.1 Å². The van der Waals surface area contributed by atoms with Crippen LogP contribution < -0.4 is 16.8 Å². The van der Waals surface area contributed by atoms with Crippen LogP contribution in [-0.4, -0.2) is 36.4 Å². The molecule has 1 aliphatic heterocycles. The highest BCUT2D eigenvalue weighted by Crippen LogP contribution is 2.21. The molecule has 2 aliphatic rings. The highest BCUT2D eigenvalue weighted by molar-refractivity contribution is 5.92. The smallest absolute Gasteiger partial charge is 0.244 e. The molecule has 0 aromatic carbocycles. The van der Waals surface area contributed by atoms with Crippen molar-refractivity contribution < 1.29 is 14.3 Å². The largest absolute Gasteiger partial charge is 0.494 e. The topological polar surface area (TPSA) is 111 Å². The number of nitrogens with one attached hydrogen (secondary N) is 1. The normalized spacial score (nSPS) is 22.7. The van der Waals surface area contributed by atoms with Crippen LogP contribution in [-0.2, 0) is 14.3 Å². The van der Waals surface area contributed by atoms with Crippen molar-refractivity contribution in [3.8, 4) is 0 Å². The Kier molecular flexibility index (Phi) is 12.2. The van der Waals surface area contributed by atoms with Crippen LogP contribution in [0.3, 0.4) is 0 Å². The molecule has 1 atom stereocenters. The van der Waals surface area contributed by atoms with Gasteiger partial charge in [-0.2, -0.15) is 0 Å². The van der Waals surface area contributed by atoms with Crippen molar-refractivity contribution in [3.05, 3.63) is 59.3 Å². The van der Waals surface area contributed by atoms with Gasteiger partial charge in [0.25, 0.3) is 0 Å². The molecule has 1 unspecified atom stereocenters. The molecule has 0 aromatic heterocycles. The zero-order chi connectivity index (χ0) is 25.6. The Hall–Kier alpha value is -2.96. The number of hydrogen-bond acceptors (Lipinski definition) is 5. The number of likely N-dealkylation sites (tertiary alicyclic amines) is 1. The van der Waals surface area contributed by atoms with Crippen molar-refractivity contribution in [2.45, 2.75) is 72.1 Å². The van der Waals surface area contributed by atoms with E-state index in [1.165, 1.54) is 0 Å². The first kappa shape index (κ1) is 28.3. The van der Waals surface area contributed by atoms with Gasteiger partial charge in [0.2, 0.25) is 11.8 Å². The van der Waals surface area contributed by atoms with Crippen molar-refractivity contribution in [2.24, 2.45) is 23.3 Å². The number of unbranched alkanes of at least 4 members (excludes halogenated alkanes) is 1. The van der Waals surface area contributed by atoms with E-state index >= 15 is 0 Å². The number of rotatable bonds is 12. The summed E-state index contributed by atoms with van der Waals surface area (Å²) in [4.78, 5) is 26.0. The minimum atomic E-state index is -0.365. The van der Waals surface area contributed by atoms with Crippen LogP contribution >= 0.6 is 0 Å². The molecular weight excluding hydrogens is 440 g/mol. The molecule has 0 radical (unpaired) electrons. The molecule has 2 rings (SSSR count). The van der Waals surface area contributed by atoms with Crippen molar-refractivity contribution in [3.63, 3.8) is 0 Å². The summed E-state index contributed by atoms with van der Waals surface area (Å²) >= 11 is 0. The Morgan fingerprint density at radius 1 is 1.23 bits per heavy atom. The number of amides is 2. The molecule has 0 bridgehead atoms. The molecule has 1 aliphatic carbocycles. The van der Waals surface area contributed by atoms with E-state index in [0.29, 0.717) is 24.5 Å². The summed E-state index contributed by atoms with van der Waals surface area (Å²) in [6.07, 6.45) is 18.6. The van der Waals surface area contributed by atoms with Crippen molar-refractivity contribution >= 4 is 11.8 Å². The molecule has 35 heavy (non-hydrogen) atoms. The molecule has 0 saturated carbocycles. The van der Waals surface area contributed by atoms with Gasteiger partial charge in [-0.1, -0.05) is 38.8 Å². The van der Waals surface area contributed by atoms with E-state index in [1.54, 1.807) is 6.08 Å². The molecule has 0 spiro atoms. The van der Waals surface area contributed by atoms with E-state index in [1.807, 2.05) is 37.3 Å². The van der Waals surface area contributed by atoms with Gasteiger partial charge in [-0.25, -0.2) is 0 Å². The number of carbonyl (C=O) groups excluding carboxylic acids is 2. The summed E-state index contributed by atoms with van der Waals surface area (Å²) in [6.45, 7) is 8.54. The van der Waals surface area contributed by atoms with Crippen molar-refractivity contribution in [1.29, 1.82) is 0 Å². The van der Waals surface area contributed by atoms with Gasteiger partial charge in [0, 0.05) is 30.3 Å². The van der Waals surface area contributed by atoms with E-state index in [0.717, 1.165) is 75.3 Å². The predicted octanol–water partition coefficient (Wildman–Crippen LogP) is 4.40. The lowest BCUT2D eigenvalue weighted by Gasteiger charge is -2.33. The molecule has 5 N–H and O–H groups in total. The van der Waals surface area contributed by atoms with Crippen LogP contribution in [0.5, 0.6) is 0 Å². The van der Waals surface area contributed by atoms with E-state index in [4.69, 9.17) is 16.2 Å². The van der Waals surface area contributed by atoms with Crippen LogP contribution in [0, 0.1) is 11.8 Å². The number of allylic oxidation sites excluding steroid dienone is 7. The summed E-state index contributed by atoms with van der Waals surface area (Å²) in [6, 6.07) is 0. The third-order valence-electron chi connectivity index (χ3n) is 6.69. The van der Waals surface area contributed by atoms with Gasteiger partial charge in [-0.15, -0.1) is 0 Å². The number of ether oxygens (including phenoxy) is 1. The fraction of sp³-hybridized carbons (Fsp3) is 0.571. The van der Waals surface area contributed by atoms with Gasteiger partial charge in [0.05, 0.1) is 12.4 Å². The van der Waals surface area contributed by atoms with Crippen molar-refractivity contribution in [2.75, 3.05) is 19.7 Å². The average molecular weight is 485 g/mol. The SMILES string of the molecule is CCCCC(CC)C(=O)N/C(C)=C/C=C(\N)N1CCC(COC2=C/CC/C(C(N)=O)=C/C=C\2)CC1. The Labute approximate surface area is 211 Å². The van der Waals surface area contributed by atoms with Gasteiger partial charge in [0.15, 0.2) is 0 Å². The molecule has 7 heteroatoms. The Bertz CT molecular complexity index is 861. The highest BCUT2D eigenvalue weighted by Gasteiger charge is 2.20. The molecule has 194 valence electrons. The van der Waals surface area contributed by atoms with Gasteiger partial charge in [-0.3, -0.25) is 9.59 Å². The third-order valence-corrected chi connectivity index (χ3v) is 6.69. The molecule has 2 amide bonds. The number of piperidine rings is 1. The van der Waals surface area contributed by atoms with Gasteiger partial charge in [-0.05, 0) is 75.7 Å². The number of hydrogen-bond donors (Lipinski definition) is 3. The predicted molar refractivity (Wildman–Crippen MR) is 141 cm³/mol. The standard InChI is InChI=1S/C28H44N4O3/c1-4-6-9-23(5-2)28(34)31-21(3)14-15-26(29)32-18-16-22(17-19-32)20-35-25-12-7-10-24(27(30)33)11-8-13-25/h7,10,12-15,22-23H,4-6,8-9,11,16-20,29H2,1-3H3,(H2,30,33)(H,31,34)/b12-7-,21-14+,24-10-,25-13+,26-15+. The second kappa shape index (κ2) is 15.1. The van der Waals surface area contributed by atoms with Crippen LogP contribution in [0.15, 0.2) is 59.3 Å². The second-order valence-electron chi connectivity index (χ2n) is 9.48. The minimum Gasteiger partial charge on any atom is -0.494 e. The summed E-state index contributed by atoms with van der Waals surface area (Å²) < 4.78 is 6.03. The number of carbonyl (C=O) groups is 2. The fourth-order valence-corrected chi connectivity index (χ4v) is 4.29. The lowest BCUT2D eigenvalue weighted by molar-refractivity contribution is -0.124. The summed E-state index contributed by atoms with van der Waals surface area (Å²) in [5, 5.41) is 3.02. The number of nitrogens with zero attached hydrogens (tertiary/aromatic N) is 1. The monoisotopic (exact) mass is 484 g/mol. The summed E-state index contributed by atoms with van der Waals surface area (Å²) in [5.41, 5.74) is 13.1. The summed E-state index contributed by atoms with van der Waals surface area (Å²) in [5.74, 6) is 1.84. The van der Waals surface area contributed by atoms with Crippen LogP contribution in [0.1, 0.15) is 72.1 Å². The molecular formula is C28H44N4O3. The van der Waals surface area contributed by atoms with E-state index in [-0.39, 0.29) is 17.7 Å². The average Bonchev–Trinajstić information content (AvgIpc) is 2.82. The van der Waals surface area contributed by atoms with Gasteiger partial charge >= 0.3 is 0 Å². The van der Waals surface area contributed by atoms with Crippen LogP contribution in [0.4, 0.5) is 0 Å².